The van der Waals surface area contributed by atoms with E-state index in [1.807, 2.05) is 0 Å². The maximum atomic E-state index is 12.0. The van der Waals surface area contributed by atoms with E-state index < -0.39 is 10.8 Å². The molecule has 1 amide bonds. The topological polar surface area (TPSA) is 85.1 Å². The largest absolute Gasteiger partial charge is 0.298 e. The number of nitro groups is 1. The zero-order valence-corrected chi connectivity index (χ0v) is 12.1. The molecule has 1 N–H and O–H groups in total. The van der Waals surface area contributed by atoms with Crippen LogP contribution < -0.4 is 5.32 Å². The van der Waals surface area contributed by atoms with Gasteiger partial charge in [-0.25, -0.2) is 4.98 Å². The quantitative estimate of drug-likeness (QED) is 0.525. The van der Waals surface area contributed by atoms with E-state index in [2.05, 4.69) is 10.3 Å². The van der Waals surface area contributed by atoms with E-state index in [0.29, 0.717) is 10.8 Å². The van der Waals surface area contributed by atoms with Crippen molar-refractivity contribution in [3.63, 3.8) is 0 Å². The summed E-state index contributed by atoms with van der Waals surface area (Å²) >= 11 is 12.5. The number of carbonyl (C=O) groups is 1. The second kappa shape index (κ2) is 6.17. The zero-order chi connectivity index (χ0) is 14.7. The predicted molar refractivity (Wildman–Crippen MR) is 77.7 cm³/mol. The van der Waals surface area contributed by atoms with Crippen molar-refractivity contribution in [2.24, 2.45) is 0 Å². The number of aromatic nitrogens is 1. The fraction of sp³-hybridized carbons (Fsp3) is 0.0909. The lowest BCUT2D eigenvalue weighted by molar-refractivity contribution is -0.385. The van der Waals surface area contributed by atoms with Crippen molar-refractivity contribution in [1.29, 1.82) is 0 Å². The van der Waals surface area contributed by atoms with Crippen LogP contribution in [0.1, 0.15) is 16.1 Å². The van der Waals surface area contributed by atoms with Gasteiger partial charge in [0.2, 0.25) is 0 Å². The Balaban J connectivity index is 2.27. The van der Waals surface area contributed by atoms with Gasteiger partial charge in [0.15, 0.2) is 5.13 Å². The third-order valence-corrected chi connectivity index (χ3v) is 3.63. The summed E-state index contributed by atoms with van der Waals surface area (Å²) in [5.74, 6) is -0.392. The molecule has 20 heavy (non-hydrogen) atoms. The first-order valence-corrected chi connectivity index (χ1v) is 7.06. The third-order valence-electron chi connectivity index (χ3n) is 2.31. The van der Waals surface area contributed by atoms with E-state index in [0.717, 1.165) is 6.07 Å². The molecule has 0 spiro atoms. The van der Waals surface area contributed by atoms with Crippen molar-refractivity contribution in [1.82, 2.24) is 4.98 Å². The maximum absolute atomic E-state index is 12.0. The van der Waals surface area contributed by atoms with Crippen molar-refractivity contribution >= 4 is 51.3 Å². The van der Waals surface area contributed by atoms with Crippen LogP contribution in [0.4, 0.5) is 10.8 Å². The van der Waals surface area contributed by atoms with Crippen LogP contribution in [0, 0.1) is 10.1 Å². The van der Waals surface area contributed by atoms with E-state index in [1.165, 1.54) is 23.5 Å². The van der Waals surface area contributed by atoms with E-state index in [9.17, 15) is 14.9 Å². The minimum atomic E-state index is -0.660. The van der Waals surface area contributed by atoms with Gasteiger partial charge in [0.25, 0.3) is 11.6 Å². The Labute approximate surface area is 127 Å². The first-order valence-electron chi connectivity index (χ1n) is 5.27. The molecule has 0 radical (unpaired) electrons. The molecule has 0 saturated carbocycles. The summed E-state index contributed by atoms with van der Waals surface area (Å²) in [5, 5.41) is 15.6. The first-order chi connectivity index (χ1) is 9.51. The van der Waals surface area contributed by atoms with Crippen LogP contribution in [0.2, 0.25) is 5.02 Å². The molecule has 1 heterocycles. The summed E-state index contributed by atoms with van der Waals surface area (Å²) in [4.78, 5) is 26.3. The lowest BCUT2D eigenvalue weighted by Gasteiger charge is -2.03. The molecule has 2 rings (SSSR count). The van der Waals surface area contributed by atoms with E-state index in [4.69, 9.17) is 23.2 Å². The van der Waals surface area contributed by atoms with Gasteiger partial charge in [-0.05, 0) is 12.1 Å². The SMILES string of the molecule is O=C(Nc1nc(CCl)cs1)c1ccc(Cl)cc1[N+](=O)[O-]. The Morgan fingerprint density at radius 2 is 2.25 bits per heavy atom. The number of thiazole rings is 1. The monoisotopic (exact) mass is 331 g/mol. The van der Waals surface area contributed by atoms with Gasteiger partial charge in [0, 0.05) is 16.5 Å². The van der Waals surface area contributed by atoms with E-state index in [-0.39, 0.29) is 22.2 Å². The van der Waals surface area contributed by atoms with Crippen LogP contribution in [0.25, 0.3) is 0 Å². The summed E-state index contributed by atoms with van der Waals surface area (Å²) < 4.78 is 0. The summed E-state index contributed by atoms with van der Waals surface area (Å²) in [5.41, 5.74) is 0.184. The highest BCUT2D eigenvalue weighted by atomic mass is 35.5. The van der Waals surface area contributed by atoms with E-state index >= 15 is 0 Å². The van der Waals surface area contributed by atoms with Gasteiger partial charge in [-0.3, -0.25) is 20.2 Å². The molecule has 9 heteroatoms. The Morgan fingerprint density at radius 3 is 2.85 bits per heavy atom. The molecule has 0 aliphatic heterocycles. The third kappa shape index (κ3) is 3.24. The highest BCUT2D eigenvalue weighted by molar-refractivity contribution is 7.14. The molecular formula is C11H7Cl2N3O3S. The highest BCUT2D eigenvalue weighted by Crippen LogP contribution is 2.25. The Bertz CT molecular complexity index is 675. The molecule has 0 aliphatic rings. The molecule has 104 valence electrons. The van der Waals surface area contributed by atoms with Crippen molar-refractivity contribution in [3.05, 3.63) is 50.0 Å². The predicted octanol–water partition coefficient (Wildman–Crippen LogP) is 3.70. The van der Waals surface area contributed by atoms with Crippen molar-refractivity contribution in [2.75, 3.05) is 5.32 Å². The lowest BCUT2D eigenvalue weighted by atomic mass is 10.1. The van der Waals surface area contributed by atoms with Gasteiger partial charge in [0.1, 0.15) is 5.56 Å². The Kier molecular flexibility index (Phi) is 4.53. The second-order valence-corrected chi connectivity index (χ2v) is 5.21. The Hall–Kier alpha value is -1.70. The van der Waals surface area contributed by atoms with Crippen LogP contribution >= 0.6 is 34.5 Å². The number of nitrogens with zero attached hydrogens (tertiary/aromatic N) is 2. The van der Waals surface area contributed by atoms with Crippen molar-refractivity contribution < 1.29 is 9.72 Å². The Morgan fingerprint density at radius 1 is 1.50 bits per heavy atom. The van der Waals surface area contributed by atoms with Gasteiger partial charge < -0.3 is 0 Å². The molecule has 0 fully saturated rings. The smallest absolute Gasteiger partial charge is 0.283 e. The fourth-order valence-electron chi connectivity index (χ4n) is 1.44. The summed E-state index contributed by atoms with van der Waals surface area (Å²) in [6.07, 6.45) is 0. The van der Waals surface area contributed by atoms with Gasteiger partial charge in [0.05, 0.1) is 16.5 Å². The molecular weight excluding hydrogens is 325 g/mol. The van der Waals surface area contributed by atoms with E-state index in [1.54, 1.807) is 5.38 Å². The number of nitrogens with one attached hydrogen (secondary N) is 1. The summed E-state index contributed by atoms with van der Waals surface area (Å²) in [6.45, 7) is 0. The molecule has 1 aromatic heterocycles. The zero-order valence-electron chi connectivity index (χ0n) is 9.80. The summed E-state index contributed by atoms with van der Waals surface area (Å²) in [6, 6.07) is 3.84. The van der Waals surface area contributed by atoms with Gasteiger partial charge in [-0.2, -0.15) is 0 Å². The number of amides is 1. The number of benzene rings is 1. The normalized spacial score (nSPS) is 10.3. The average Bonchev–Trinajstić information content (AvgIpc) is 2.86. The van der Waals surface area contributed by atoms with Crippen LogP contribution in [-0.4, -0.2) is 15.8 Å². The number of hydrogen-bond acceptors (Lipinski definition) is 5. The van der Waals surface area contributed by atoms with Gasteiger partial charge in [-0.1, -0.05) is 11.6 Å². The number of carbonyl (C=O) groups excluding carboxylic acids is 1. The van der Waals surface area contributed by atoms with Gasteiger partial charge in [-0.15, -0.1) is 22.9 Å². The molecule has 0 saturated heterocycles. The molecule has 0 atom stereocenters. The minimum absolute atomic E-state index is 0.0815. The second-order valence-electron chi connectivity index (χ2n) is 3.65. The first kappa shape index (κ1) is 14.7. The van der Waals surface area contributed by atoms with Crippen molar-refractivity contribution in [3.8, 4) is 0 Å². The number of hydrogen-bond donors (Lipinski definition) is 1. The maximum Gasteiger partial charge on any atom is 0.283 e. The minimum Gasteiger partial charge on any atom is -0.298 e. The average molecular weight is 332 g/mol. The number of halogens is 2. The molecule has 2 aromatic rings. The molecule has 0 bridgehead atoms. The van der Waals surface area contributed by atoms with Crippen molar-refractivity contribution in [2.45, 2.75) is 5.88 Å². The van der Waals surface area contributed by atoms with Crippen LogP contribution in [0.15, 0.2) is 23.6 Å². The number of rotatable bonds is 4. The van der Waals surface area contributed by atoms with Crippen LogP contribution in [-0.2, 0) is 5.88 Å². The van der Waals surface area contributed by atoms with Crippen LogP contribution in [0.3, 0.4) is 0 Å². The molecule has 6 nitrogen and oxygen atoms in total. The van der Waals surface area contributed by atoms with Crippen LogP contribution in [0.5, 0.6) is 0 Å². The lowest BCUT2D eigenvalue weighted by Crippen LogP contribution is -2.13. The highest BCUT2D eigenvalue weighted by Gasteiger charge is 2.21. The van der Waals surface area contributed by atoms with Gasteiger partial charge >= 0.3 is 0 Å². The molecule has 1 aromatic carbocycles. The molecule has 0 unspecified atom stereocenters. The number of anilines is 1. The number of alkyl halides is 1. The summed E-state index contributed by atoms with van der Waals surface area (Å²) in [7, 11) is 0. The fourth-order valence-corrected chi connectivity index (χ4v) is 2.54. The molecule has 0 aliphatic carbocycles. The standard InChI is InChI=1S/C11H7Cl2N3O3S/c12-4-7-5-20-11(14-7)15-10(17)8-2-1-6(13)3-9(8)16(18)19/h1-3,5H,4H2,(H,14,15,17). The number of nitro benzene ring substituents is 1.